The van der Waals surface area contributed by atoms with E-state index < -0.39 is 0 Å². The molecule has 2 heteroatoms. The van der Waals surface area contributed by atoms with Gasteiger partial charge in [0.25, 0.3) is 0 Å². The van der Waals surface area contributed by atoms with Gasteiger partial charge in [0, 0.05) is 38.7 Å². The third-order valence-corrected chi connectivity index (χ3v) is 18.4. The molecule has 15 rings (SSSR count). The molecule has 2 spiro atoms. The van der Waals surface area contributed by atoms with E-state index in [1.54, 1.807) is 11.1 Å². The molecule has 2 bridgehead atoms. The van der Waals surface area contributed by atoms with Gasteiger partial charge in [0.2, 0.25) is 0 Å². The Kier molecular flexibility index (Phi) is 7.80. The first-order valence-electron chi connectivity index (χ1n) is 25.0. The van der Waals surface area contributed by atoms with Crippen LogP contribution in [0.5, 0.6) is 0 Å². The Morgan fingerprint density at radius 2 is 1.02 bits per heavy atom. The first-order valence-corrected chi connectivity index (χ1v) is 25.0. The van der Waals surface area contributed by atoms with Crippen LogP contribution >= 0.6 is 0 Å². The number of anilines is 3. The van der Waals surface area contributed by atoms with Crippen molar-refractivity contribution in [1.29, 1.82) is 0 Å². The fraction of sp³-hybridized carbons (Fsp3) is 0.250. The van der Waals surface area contributed by atoms with Gasteiger partial charge in [-0.1, -0.05) is 135 Å². The number of hydrogen-bond acceptors (Lipinski definition) is 2. The molecule has 0 amide bonds. The number of benzene rings is 8. The maximum absolute atomic E-state index is 6.68. The lowest BCUT2D eigenvalue weighted by molar-refractivity contribution is 0.0653. The molecule has 1 aromatic heterocycles. The van der Waals surface area contributed by atoms with Crippen LogP contribution in [0.2, 0.25) is 0 Å². The van der Waals surface area contributed by atoms with Crippen LogP contribution in [0.3, 0.4) is 0 Å². The van der Waals surface area contributed by atoms with Gasteiger partial charge in [-0.25, -0.2) is 0 Å². The van der Waals surface area contributed by atoms with E-state index in [1.165, 1.54) is 113 Å². The van der Waals surface area contributed by atoms with Crippen molar-refractivity contribution in [2.45, 2.75) is 69.1 Å². The van der Waals surface area contributed by atoms with Crippen LogP contribution in [0.25, 0.3) is 66.4 Å². The molecule has 66 heavy (non-hydrogen) atoms. The molecule has 6 aliphatic rings. The largest absolute Gasteiger partial charge is 0.456 e. The van der Waals surface area contributed by atoms with Crippen molar-refractivity contribution in [3.8, 4) is 44.5 Å². The van der Waals surface area contributed by atoms with E-state index in [2.05, 4.69) is 188 Å². The molecule has 1 heterocycles. The van der Waals surface area contributed by atoms with Gasteiger partial charge in [-0.2, -0.15) is 0 Å². The van der Waals surface area contributed by atoms with Crippen molar-refractivity contribution in [2.75, 3.05) is 4.90 Å². The van der Waals surface area contributed by atoms with Gasteiger partial charge in [0.1, 0.15) is 11.2 Å². The minimum absolute atomic E-state index is 0.0833. The number of rotatable bonds is 5. The van der Waals surface area contributed by atoms with Crippen LogP contribution in [0, 0.1) is 29.6 Å². The van der Waals surface area contributed by atoms with E-state index in [0.717, 1.165) is 51.1 Å². The minimum atomic E-state index is 0.0833. The van der Waals surface area contributed by atoms with Crippen LogP contribution in [-0.4, -0.2) is 0 Å². The summed E-state index contributed by atoms with van der Waals surface area (Å²) in [5.41, 5.74) is 22.5. The average Bonchev–Trinajstić information content (AvgIpc) is 4.18. The Hall–Kier alpha value is -6.64. The molecule has 8 aromatic carbocycles. The standard InChI is InChI=1S/C64H53NO/c1-39-31-44-32-45-33-46(36-54(44)45)64(39)58-16-8-6-14-51(58)53-25-19-43(35-60(53)64)42-20-27-61-55(34-42)56-37-48(24-28-62(56)66-61)65(47-21-17-41(18-22-47)40-11-3-2-4-12-40)49-23-26-52-50-13-5-7-15-57(50)63(59(52)38-49)29-9-10-30-63/h2-8,11-28,34-35,37-39,44-46,54H,9-10,29-33,36H2,1H3/t39-,44?,45?,46+,54-,64+/m0/s1. The Morgan fingerprint density at radius 3 is 1.85 bits per heavy atom. The van der Waals surface area contributed by atoms with Crippen molar-refractivity contribution in [2.24, 2.45) is 29.6 Å². The number of furan rings is 1. The first-order chi connectivity index (χ1) is 32.5. The van der Waals surface area contributed by atoms with Crippen LogP contribution < -0.4 is 4.90 Å². The predicted octanol–water partition coefficient (Wildman–Crippen LogP) is 17.2. The third kappa shape index (κ3) is 5.03. The van der Waals surface area contributed by atoms with E-state index in [0.29, 0.717) is 11.8 Å². The smallest absolute Gasteiger partial charge is 0.135 e. The first kappa shape index (κ1) is 37.6. The maximum Gasteiger partial charge on any atom is 0.135 e. The molecule has 0 saturated heterocycles. The monoisotopic (exact) mass is 851 g/mol. The molecule has 0 radical (unpaired) electrons. The highest BCUT2D eigenvalue weighted by atomic mass is 16.3. The highest BCUT2D eigenvalue weighted by Gasteiger charge is 2.62. The summed E-state index contributed by atoms with van der Waals surface area (Å²) in [6.07, 6.45) is 10.6. The summed E-state index contributed by atoms with van der Waals surface area (Å²) >= 11 is 0. The van der Waals surface area contributed by atoms with Crippen LogP contribution in [0.1, 0.15) is 80.5 Å². The lowest BCUT2D eigenvalue weighted by atomic mass is 9.56. The van der Waals surface area contributed by atoms with Gasteiger partial charge in [0.15, 0.2) is 0 Å². The third-order valence-electron chi connectivity index (χ3n) is 18.4. The molecule has 2 nitrogen and oxygen atoms in total. The molecule has 9 aromatic rings. The van der Waals surface area contributed by atoms with Gasteiger partial charge in [-0.05, 0) is 196 Å². The van der Waals surface area contributed by atoms with Crippen LogP contribution in [0.4, 0.5) is 17.1 Å². The zero-order chi connectivity index (χ0) is 43.3. The van der Waals surface area contributed by atoms with Gasteiger partial charge in [0.05, 0.1) is 0 Å². The zero-order valence-corrected chi connectivity index (χ0v) is 37.6. The maximum atomic E-state index is 6.68. The fourth-order valence-electron chi connectivity index (χ4n) is 15.6. The summed E-state index contributed by atoms with van der Waals surface area (Å²) in [4.78, 5) is 2.48. The zero-order valence-electron chi connectivity index (χ0n) is 37.6. The number of hydrogen-bond donors (Lipinski definition) is 0. The fourth-order valence-corrected chi connectivity index (χ4v) is 15.6. The Bertz CT molecular complexity index is 3440. The lowest BCUT2D eigenvalue weighted by Crippen LogP contribution is -2.43. The summed E-state index contributed by atoms with van der Waals surface area (Å²) in [7, 11) is 0. The average molecular weight is 852 g/mol. The normalized spacial score (nSPS) is 24.6. The molecule has 0 N–H and O–H groups in total. The number of nitrogens with zero attached hydrogens (tertiary/aromatic N) is 1. The van der Waals surface area contributed by atoms with Gasteiger partial charge in [-0.3, -0.25) is 0 Å². The summed E-state index contributed by atoms with van der Waals surface area (Å²) in [5, 5.41) is 2.31. The van der Waals surface area contributed by atoms with Gasteiger partial charge < -0.3 is 9.32 Å². The van der Waals surface area contributed by atoms with Crippen LogP contribution in [0.15, 0.2) is 180 Å². The number of fused-ring (bicyclic) bond motifs is 15. The highest BCUT2D eigenvalue weighted by molar-refractivity contribution is 6.08. The molecular formula is C64H53NO. The second-order valence-corrected chi connectivity index (χ2v) is 21.2. The molecule has 0 aliphatic heterocycles. The van der Waals surface area contributed by atoms with E-state index in [4.69, 9.17) is 4.42 Å². The highest BCUT2D eigenvalue weighted by Crippen LogP contribution is 2.70. The second kappa shape index (κ2) is 13.7. The summed E-state index contributed by atoms with van der Waals surface area (Å²) in [6.45, 7) is 2.60. The Balaban J connectivity index is 0.869. The SMILES string of the molecule is C[C@H]1CC2CC3C[C@H](C[C@H]32)[C@@]12c1ccccc1-c1ccc(-c3ccc4oc5ccc(N(c6ccc(-c7ccccc7)cc6)c6ccc7c(c6)C6(CCCC6)c6ccccc6-7)cc5c4c3)cc12. The van der Waals surface area contributed by atoms with E-state index in [1.807, 2.05) is 0 Å². The quantitative estimate of drug-likeness (QED) is 0.172. The second-order valence-electron chi connectivity index (χ2n) is 21.2. The molecule has 320 valence electrons. The van der Waals surface area contributed by atoms with Crippen molar-refractivity contribution in [3.05, 3.63) is 198 Å². The molecular weight excluding hydrogens is 799 g/mol. The summed E-state index contributed by atoms with van der Waals surface area (Å²) in [6, 6.07) is 67.1. The summed E-state index contributed by atoms with van der Waals surface area (Å²) in [5.74, 6) is 4.15. The van der Waals surface area contributed by atoms with E-state index >= 15 is 0 Å². The molecule has 6 aliphatic carbocycles. The predicted molar refractivity (Wildman–Crippen MR) is 272 cm³/mol. The lowest BCUT2D eigenvalue weighted by Gasteiger charge is -2.48. The minimum Gasteiger partial charge on any atom is -0.456 e. The van der Waals surface area contributed by atoms with Crippen LogP contribution in [-0.2, 0) is 10.8 Å². The topological polar surface area (TPSA) is 16.4 Å². The molecule has 4 saturated carbocycles. The Labute approximate surface area is 387 Å². The summed E-state index contributed by atoms with van der Waals surface area (Å²) < 4.78 is 6.68. The van der Waals surface area contributed by atoms with Gasteiger partial charge >= 0.3 is 0 Å². The Morgan fingerprint density at radius 1 is 0.439 bits per heavy atom. The molecule has 4 fully saturated rings. The van der Waals surface area contributed by atoms with E-state index in [9.17, 15) is 0 Å². The molecule has 6 atom stereocenters. The molecule has 2 unspecified atom stereocenters. The van der Waals surface area contributed by atoms with Crippen molar-refractivity contribution in [3.63, 3.8) is 0 Å². The van der Waals surface area contributed by atoms with Gasteiger partial charge in [-0.15, -0.1) is 0 Å². The van der Waals surface area contributed by atoms with Crippen molar-refractivity contribution in [1.82, 2.24) is 0 Å². The van der Waals surface area contributed by atoms with E-state index in [-0.39, 0.29) is 10.8 Å². The van der Waals surface area contributed by atoms with Crippen molar-refractivity contribution < 1.29 is 4.42 Å². The van der Waals surface area contributed by atoms with Crippen molar-refractivity contribution >= 4 is 39.0 Å².